The molecule has 1 aromatic rings. The minimum absolute atomic E-state index is 0.248. The number of benzene rings is 1. The predicted octanol–water partition coefficient (Wildman–Crippen LogP) is 3.72. The molecule has 5 heteroatoms. The Labute approximate surface area is 89.6 Å². The van der Waals surface area contributed by atoms with Crippen molar-refractivity contribution in [3.05, 3.63) is 35.4 Å². The molecule has 0 N–H and O–H groups in total. The van der Waals surface area contributed by atoms with Crippen molar-refractivity contribution < 1.29 is 13.2 Å². The van der Waals surface area contributed by atoms with Crippen LogP contribution in [0.25, 0.3) is 0 Å². The van der Waals surface area contributed by atoms with Crippen LogP contribution in [0.4, 0.5) is 18.9 Å². The Bertz CT molecular complexity index is 425. The number of nitrogens with zero attached hydrogens (tertiary/aromatic N) is 1. The first kappa shape index (κ1) is 10.4. The van der Waals surface area contributed by atoms with Gasteiger partial charge in [-0.1, -0.05) is 24.4 Å². The molecule has 0 fully saturated rings. The Morgan fingerprint density at radius 1 is 1.33 bits per heavy atom. The minimum atomic E-state index is -4.30. The Kier molecular flexibility index (Phi) is 2.22. The molecular formula is C10H8F3NS. The van der Waals surface area contributed by atoms with E-state index in [4.69, 9.17) is 0 Å². The monoisotopic (exact) mass is 231 g/mol. The van der Waals surface area contributed by atoms with Crippen LogP contribution >= 0.6 is 11.8 Å². The van der Waals surface area contributed by atoms with Crippen LogP contribution < -0.4 is 4.90 Å². The summed E-state index contributed by atoms with van der Waals surface area (Å²) >= 11 is 1.06. The lowest BCUT2D eigenvalue weighted by atomic mass is 10.2. The van der Waals surface area contributed by atoms with Crippen molar-refractivity contribution in [1.82, 2.24) is 0 Å². The van der Waals surface area contributed by atoms with Gasteiger partial charge in [-0.3, -0.25) is 0 Å². The molecule has 0 spiro atoms. The summed E-state index contributed by atoms with van der Waals surface area (Å²) in [5.41, 5.74) is -0.0182. The standard InChI is InChI=1S/C10H8F3NS/c1-6-14(2)8-5-3-4-7(9(8)15-6)10(11,12)13/h3-5H,1H2,2H3. The van der Waals surface area contributed by atoms with Gasteiger partial charge in [0.25, 0.3) is 0 Å². The maximum absolute atomic E-state index is 12.6. The molecule has 0 aromatic heterocycles. The molecule has 0 amide bonds. The highest BCUT2D eigenvalue weighted by molar-refractivity contribution is 8.03. The van der Waals surface area contributed by atoms with E-state index in [0.717, 1.165) is 17.8 Å². The first-order valence-corrected chi connectivity index (χ1v) is 5.03. The van der Waals surface area contributed by atoms with E-state index in [2.05, 4.69) is 6.58 Å². The predicted molar refractivity (Wildman–Crippen MR) is 54.8 cm³/mol. The van der Waals surface area contributed by atoms with E-state index in [1.807, 2.05) is 0 Å². The van der Waals surface area contributed by atoms with Crippen molar-refractivity contribution >= 4 is 17.4 Å². The van der Waals surface area contributed by atoms with Crippen LogP contribution in [0.2, 0.25) is 0 Å². The Hall–Kier alpha value is -1.10. The smallest absolute Gasteiger partial charge is 0.339 e. The van der Waals surface area contributed by atoms with Crippen molar-refractivity contribution in [2.75, 3.05) is 11.9 Å². The number of alkyl halides is 3. The molecule has 0 saturated carbocycles. The number of anilines is 1. The zero-order valence-corrected chi connectivity index (χ0v) is 8.75. The third-order valence-electron chi connectivity index (χ3n) is 2.25. The topological polar surface area (TPSA) is 3.24 Å². The van der Waals surface area contributed by atoms with Gasteiger partial charge in [-0.2, -0.15) is 13.2 Å². The molecule has 1 aliphatic heterocycles. The van der Waals surface area contributed by atoms with Crippen molar-refractivity contribution in [2.24, 2.45) is 0 Å². The maximum Gasteiger partial charge on any atom is 0.417 e. The molecular weight excluding hydrogens is 223 g/mol. The molecule has 2 rings (SSSR count). The number of halogens is 3. The molecule has 0 atom stereocenters. The number of hydrogen-bond donors (Lipinski definition) is 0. The van der Waals surface area contributed by atoms with Gasteiger partial charge in [0.05, 0.1) is 16.3 Å². The van der Waals surface area contributed by atoms with Gasteiger partial charge in [0.1, 0.15) is 0 Å². The van der Waals surface area contributed by atoms with E-state index in [1.54, 1.807) is 18.0 Å². The van der Waals surface area contributed by atoms with Crippen LogP contribution in [-0.4, -0.2) is 7.05 Å². The first-order chi connectivity index (χ1) is 6.91. The fourth-order valence-electron chi connectivity index (χ4n) is 1.44. The lowest BCUT2D eigenvalue weighted by molar-refractivity contribution is -0.139. The van der Waals surface area contributed by atoms with Gasteiger partial charge in [0, 0.05) is 11.9 Å². The molecule has 0 saturated heterocycles. The average molecular weight is 231 g/mol. The van der Waals surface area contributed by atoms with E-state index >= 15 is 0 Å². The van der Waals surface area contributed by atoms with E-state index < -0.39 is 11.7 Å². The molecule has 0 aliphatic carbocycles. The first-order valence-electron chi connectivity index (χ1n) is 4.22. The maximum atomic E-state index is 12.6. The Balaban J connectivity index is 2.60. The third kappa shape index (κ3) is 1.61. The van der Waals surface area contributed by atoms with Crippen molar-refractivity contribution in [1.29, 1.82) is 0 Å². The number of hydrogen-bond acceptors (Lipinski definition) is 2. The molecule has 1 aromatic carbocycles. The van der Waals surface area contributed by atoms with Crippen molar-refractivity contribution in [3.63, 3.8) is 0 Å². The van der Waals surface area contributed by atoms with Crippen LogP contribution in [0, 0.1) is 0 Å². The summed E-state index contributed by atoms with van der Waals surface area (Å²) in [4.78, 5) is 1.91. The van der Waals surface area contributed by atoms with Crippen molar-refractivity contribution in [2.45, 2.75) is 11.1 Å². The van der Waals surface area contributed by atoms with Gasteiger partial charge < -0.3 is 4.90 Å². The van der Waals surface area contributed by atoms with Crippen LogP contribution in [0.15, 0.2) is 34.7 Å². The van der Waals surface area contributed by atoms with Gasteiger partial charge in [-0.25, -0.2) is 0 Å². The molecule has 80 valence electrons. The fraction of sp³-hybridized carbons (Fsp3) is 0.200. The minimum Gasteiger partial charge on any atom is -0.339 e. The van der Waals surface area contributed by atoms with Gasteiger partial charge in [-0.05, 0) is 12.1 Å². The van der Waals surface area contributed by atoms with E-state index in [1.165, 1.54) is 6.07 Å². The van der Waals surface area contributed by atoms with Crippen LogP contribution in [0.5, 0.6) is 0 Å². The van der Waals surface area contributed by atoms with Gasteiger partial charge in [0.15, 0.2) is 0 Å². The molecule has 15 heavy (non-hydrogen) atoms. The highest BCUT2D eigenvalue weighted by atomic mass is 32.2. The zero-order valence-electron chi connectivity index (χ0n) is 7.93. The highest BCUT2D eigenvalue weighted by Crippen LogP contribution is 2.49. The molecule has 0 bridgehead atoms. The van der Waals surface area contributed by atoms with E-state index in [9.17, 15) is 13.2 Å². The van der Waals surface area contributed by atoms with Crippen LogP contribution in [0.1, 0.15) is 5.56 Å². The van der Waals surface area contributed by atoms with E-state index in [-0.39, 0.29) is 4.90 Å². The summed E-state index contributed by atoms with van der Waals surface area (Å²) in [6.07, 6.45) is -4.30. The molecule has 0 unspecified atom stereocenters. The van der Waals surface area contributed by atoms with Gasteiger partial charge in [0.2, 0.25) is 0 Å². The third-order valence-corrected chi connectivity index (χ3v) is 3.40. The summed E-state index contributed by atoms with van der Waals surface area (Å²) in [5, 5.41) is 0.613. The average Bonchev–Trinajstić information content (AvgIpc) is 2.41. The number of thioether (sulfide) groups is 1. The normalized spacial score (nSPS) is 15.7. The highest BCUT2D eigenvalue weighted by Gasteiger charge is 2.37. The fourth-order valence-corrected chi connectivity index (χ4v) is 2.51. The lowest BCUT2D eigenvalue weighted by Gasteiger charge is -2.13. The lowest BCUT2D eigenvalue weighted by Crippen LogP contribution is -2.10. The number of fused-ring (bicyclic) bond motifs is 1. The Morgan fingerprint density at radius 3 is 2.60 bits per heavy atom. The molecule has 1 heterocycles. The number of rotatable bonds is 0. The Morgan fingerprint density at radius 2 is 2.00 bits per heavy atom. The summed E-state index contributed by atoms with van der Waals surface area (Å²) in [6.45, 7) is 3.69. The summed E-state index contributed by atoms with van der Waals surface area (Å²) in [7, 11) is 1.71. The van der Waals surface area contributed by atoms with Crippen molar-refractivity contribution in [3.8, 4) is 0 Å². The quantitative estimate of drug-likeness (QED) is 0.669. The molecule has 1 nitrogen and oxygen atoms in total. The van der Waals surface area contributed by atoms with Crippen LogP contribution in [0.3, 0.4) is 0 Å². The second-order valence-corrected chi connectivity index (χ2v) is 4.29. The summed E-state index contributed by atoms with van der Waals surface area (Å²) in [6, 6.07) is 4.17. The zero-order chi connectivity index (χ0) is 11.2. The van der Waals surface area contributed by atoms with Crippen LogP contribution in [-0.2, 0) is 6.18 Å². The summed E-state index contributed by atoms with van der Waals surface area (Å²) in [5.74, 6) is 0. The van der Waals surface area contributed by atoms with Gasteiger partial charge >= 0.3 is 6.18 Å². The SMILES string of the molecule is C=C1Sc2c(cccc2C(F)(F)F)N1C. The second kappa shape index (κ2) is 3.20. The molecule has 0 radical (unpaired) electrons. The largest absolute Gasteiger partial charge is 0.417 e. The summed E-state index contributed by atoms with van der Waals surface area (Å²) < 4.78 is 37.9. The second-order valence-electron chi connectivity index (χ2n) is 3.21. The van der Waals surface area contributed by atoms with Gasteiger partial charge in [-0.15, -0.1) is 0 Å². The van der Waals surface area contributed by atoms with E-state index in [0.29, 0.717) is 10.7 Å². The molecule has 1 aliphatic rings.